The van der Waals surface area contributed by atoms with E-state index in [4.69, 9.17) is 4.74 Å². The van der Waals surface area contributed by atoms with Gasteiger partial charge in [-0.15, -0.1) is 0 Å². The molecule has 1 aliphatic rings. The van der Waals surface area contributed by atoms with Gasteiger partial charge in [0, 0.05) is 6.61 Å². The van der Waals surface area contributed by atoms with Gasteiger partial charge in [0.05, 0.1) is 11.6 Å². The lowest BCUT2D eigenvalue weighted by Gasteiger charge is -2.38. The van der Waals surface area contributed by atoms with Gasteiger partial charge in [-0.05, 0) is 57.2 Å². The fourth-order valence-corrected chi connectivity index (χ4v) is 3.25. The molecule has 0 saturated heterocycles. The molecule has 20 heavy (non-hydrogen) atoms. The summed E-state index contributed by atoms with van der Waals surface area (Å²) in [6, 6.07) is 9.18. The fraction of sp³-hybridized carbons (Fsp3) is 0.667. The monoisotopic (exact) mass is 275 g/mol. The molecule has 1 aliphatic carbocycles. The van der Waals surface area contributed by atoms with Crippen LogP contribution in [-0.4, -0.2) is 18.8 Å². The molecule has 2 heteroatoms. The molecule has 1 N–H and O–H groups in total. The normalized spacial score (nSPS) is 17.8. The standard InChI is InChI=1S/C18H29NO/c1-5-19-17(18(3,4)20-6-2)16-13-8-7-12-15(16)14-10-9-11-14/h7-8,12-14,17,19H,5-6,9-11H2,1-4H3. The minimum atomic E-state index is -0.190. The van der Waals surface area contributed by atoms with Crippen molar-refractivity contribution in [3.63, 3.8) is 0 Å². The van der Waals surface area contributed by atoms with Gasteiger partial charge in [-0.25, -0.2) is 0 Å². The third-order valence-electron chi connectivity index (χ3n) is 4.47. The quantitative estimate of drug-likeness (QED) is 0.795. The summed E-state index contributed by atoms with van der Waals surface area (Å²) in [6.07, 6.45) is 4.05. The molecule has 1 unspecified atom stereocenters. The first-order chi connectivity index (χ1) is 9.60. The van der Waals surface area contributed by atoms with E-state index in [1.165, 1.54) is 30.4 Å². The van der Waals surface area contributed by atoms with Crippen LogP contribution in [0.4, 0.5) is 0 Å². The molecule has 1 saturated carbocycles. The van der Waals surface area contributed by atoms with Gasteiger partial charge in [-0.1, -0.05) is 37.6 Å². The number of rotatable bonds is 7. The third-order valence-corrected chi connectivity index (χ3v) is 4.47. The van der Waals surface area contributed by atoms with Gasteiger partial charge in [0.25, 0.3) is 0 Å². The van der Waals surface area contributed by atoms with Gasteiger partial charge in [-0.2, -0.15) is 0 Å². The minimum absolute atomic E-state index is 0.190. The Morgan fingerprint density at radius 2 is 1.95 bits per heavy atom. The van der Waals surface area contributed by atoms with E-state index < -0.39 is 0 Å². The van der Waals surface area contributed by atoms with Gasteiger partial charge < -0.3 is 10.1 Å². The molecule has 0 bridgehead atoms. The van der Waals surface area contributed by atoms with Gasteiger partial charge in [0.1, 0.15) is 0 Å². The zero-order valence-electron chi connectivity index (χ0n) is 13.4. The number of hydrogen-bond donors (Lipinski definition) is 1. The van der Waals surface area contributed by atoms with Crippen molar-refractivity contribution in [3.05, 3.63) is 35.4 Å². The zero-order chi connectivity index (χ0) is 14.6. The molecular weight excluding hydrogens is 246 g/mol. The van der Waals surface area contributed by atoms with E-state index in [9.17, 15) is 0 Å². The Morgan fingerprint density at radius 1 is 1.25 bits per heavy atom. The van der Waals surface area contributed by atoms with Gasteiger partial charge in [0.15, 0.2) is 0 Å². The summed E-state index contributed by atoms with van der Waals surface area (Å²) in [5.41, 5.74) is 2.76. The average Bonchev–Trinajstić information content (AvgIpc) is 2.35. The fourth-order valence-electron chi connectivity index (χ4n) is 3.25. The van der Waals surface area contributed by atoms with E-state index in [2.05, 4.69) is 57.3 Å². The second kappa shape index (κ2) is 6.73. The first kappa shape index (κ1) is 15.5. The van der Waals surface area contributed by atoms with Crippen LogP contribution < -0.4 is 5.32 Å². The number of benzene rings is 1. The van der Waals surface area contributed by atoms with Crippen molar-refractivity contribution in [1.29, 1.82) is 0 Å². The second-order valence-corrected chi connectivity index (χ2v) is 6.28. The highest BCUT2D eigenvalue weighted by Gasteiger charge is 2.34. The number of nitrogens with one attached hydrogen (secondary N) is 1. The largest absolute Gasteiger partial charge is 0.374 e. The second-order valence-electron chi connectivity index (χ2n) is 6.28. The SMILES string of the molecule is CCNC(c1ccccc1C1CCC1)C(C)(C)OCC. The van der Waals surface area contributed by atoms with Crippen molar-refractivity contribution in [2.24, 2.45) is 0 Å². The van der Waals surface area contributed by atoms with E-state index in [1.807, 2.05) is 0 Å². The number of hydrogen-bond acceptors (Lipinski definition) is 2. The van der Waals surface area contributed by atoms with Crippen molar-refractivity contribution in [2.75, 3.05) is 13.2 Å². The molecule has 2 nitrogen and oxygen atoms in total. The summed E-state index contributed by atoms with van der Waals surface area (Å²) in [6.45, 7) is 10.3. The van der Waals surface area contributed by atoms with E-state index in [0.29, 0.717) is 0 Å². The van der Waals surface area contributed by atoms with Crippen LogP contribution in [0.3, 0.4) is 0 Å². The van der Waals surface area contributed by atoms with Crippen LogP contribution in [0.5, 0.6) is 0 Å². The highest BCUT2D eigenvalue weighted by molar-refractivity contribution is 5.35. The first-order valence-corrected chi connectivity index (χ1v) is 8.06. The number of ether oxygens (including phenoxy) is 1. The van der Waals surface area contributed by atoms with Crippen molar-refractivity contribution >= 4 is 0 Å². The molecule has 1 fully saturated rings. The summed E-state index contributed by atoms with van der Waals surface area (Å²) >= 11 is 0. The Kier molecular flexibility index (Phi) is 5.22. The summed E-state index contributed by atoms with van der Waals surface area (Å²) in [5, 5.41) is 3.64. The predicted molar refractivity (Wildman–Crippen MR) is 85.2 cm³/mol. The molecule has 0 amide bonds. The lowest BCUT2D eigenvalue weighted by Crippen LogP contribution is -2.42. The van der Waals surface area contributed by atoms with Crippen molar-refractivity contribution in [1.82, 2.24) is 5.32 Å². The molecule has 1 aromatic carbocycles. The van der Waals surface area contributed by atoms with Crippen LogP contribution in [0.25, 0.3) is 0 Å². The summed E-state index contributed by atoms with van der Waals surface area (Å²) in [7, 11) is 0. The van der Waals surface area contributed by atoms with Crippen LogP contribution >= 0.6 is 0 Å². The molecule has 1 aromatic rings. The van der Waals surface area contributed by atoms with E-state index in [0.717, 1.165) is 19.1 Å². The Morgan fingerprint density at radius 3 is 2.50 bits per heavy atom. The maximum absolute atomic E-state index is 6.02. The van der Waals surface area contributed by atoms with Crippen LogP contribution in [0.1, 0.15) is 70.0 Å². The van der Waals surface area contributed by atoms with Crippen molar-refractivity contribution in [3.8, 4) is 0 Å². The minimum Gasteiger partial charge on any atom is -0.374 e. The highest BCUT2D eigenvalue weighted by Crippen LogP contribution is 2.41. The molecule has 0 radical (unpaired) electrons. The van der Waals surface area contributed by atoms with Crippen LogP contribution in [0.15, 0.2) is 24.3 Å². The van der Waals surface area contributed by atoms with Crippen LogP contribution in [0, 0.1) is 0 Å². The highest BCUT2D eigenvalue weighted by atomic mass is 16.5. The Hall–Kier alpha value is -0.860. The van der Waals surface area contributed by atoms with Crippen molar-refractivity contribution < 1.29 is 4.74 Å². The molecular formula is C18H29NO. The molecule has 1 atom stereocenters. The molecule has 0 spiro atoms. The van der Waals surface area contributed by atoms with E-state index in [1.54, 1.807) is 0 Å². The van der Waals surface area contributed by atoms with Gasteiger partial charge >= 0.3 is 0 Å². The molecule has 112 valence electrons. The average molecular weight is 275 g/mol. The zero-order valence-corrected chi connectivity index (χ0v) is 13.4. The van der Waals surface area contributed by atoms with E-state index >= 15 is 0 Å². The van der Waals surface area contributed by atoms with Gasteiger partial charge in [-0.3, -0.25) is 0 Å². The Balaban J connectivity index is 2.33. The number of likely N-dealkylation sites (N-methyl/N-ethyl adjacent to an activating group) is 1. The molecule has 0 heterocycles. The molecule has 0 aromatic heterocycles. The Bertz CT molecular complexity index is 423. The third kappa shape index (κ3) is 3.24. The smallest absolute Gasteiger partial charge is 0.0820 e. The molecule has 0 aliphatic heterocycles. The van der Waals surface area contributed by atoms with Crippen LogP contribution in [-0.2, 0) is 4.74 Å². The maximum atomic E-state index is 6.02. The maximum Gasteiger partial charge on any atom is 0.0820 e. The topological polar surface area (TPSA) is 21.3 Å². The van der Waals surface area contributed by atoms with Gasteiger partial charge in [0.2, 0.25) is 0 Å². The van der Waals surface area contributed by atoms with Crippen molar-refractivity contribution in [2.45, 2.75) is 64.5 Å². The lowest BCUT2D eigenvalue weighted by atomic mass is 9.75. The summed E-state index contributed by atoms with van der Waals surface area (Å²) in [5.74, 6) is 0.754. The van der Waals surface area contributed by atoms with Crippen LogP contribution in [0.2, 0.25) is 0 Å². The Labute approximate surface area is 123 Å². The predicted octanol–water partition coefficient (Wildman–Crippen LogP) is 4.42. The first-order valence-electron chi connectivity index (χ1n) is 8.06. The molecule has 2 rings (SSSR count). The lowest BCUT2D eigenvalue weighted by molar-refractivity contribution is -0.0392. The van der Waals surface area contributed by atoms with E-state index in [-0.39, 0.29) is 11.6 Å². The summed E-state index contributed by atoms with van der Waals surface area (Å²) in [4.78, 5) is 0. The summed E-state index contributed by atoms with van der Waals surface area (Å²) < 4.78 is 6.02.